The highest BCUT2D eigenvalue weighted by Gasteiger charge is 2.25. The first-order valence-corrected chi connectivity index (χ1v) is 10.3. The first-order chi connectivity index (χ1) is 14.8. The molecule has 5 nitrogen and oxygen atoms in total. The molecule has 1 atom stereocenters. The molecule has 0 saturated heterocycles. The molecule has 1 amide bonds. The summed E-state index contributed by atoms with van der Waals surface area (Å²) in [4.78, 5) is 26.2. The Morgan fingerprint density at radius 2 is 1.90 bits per heavy atom. The number of halogens is 3. The zero-order chi connectivity index (χ0) is 22.5. The van der Waals surface area contributed by atoms with Gasteiger partial charge in [-0.05, 0) is 42.7 Å². The molecule has 162 valence electrons. The number of carbonyl (C=O) groups excluding carboxylic acids is 1. The van der Waals surface area contributed by atoms with Crippen molar-refractivity contribution in [3.8, 4) is 11.5 Å². The zero-order valence-electron chi connectivity index (χ0n) is 17.5. The third-order valence-corrected chi connectivity index (χ3v) is 5.48. The number of carbonyl (C=O) groups is 1. The van der Waals surface area contributed by atoms with Gasteiger partial charge in [0, 0.05) is 25.1 Å². The van der Waals surface area contributed by atoms with Gasteiger partial charge in [-0.2, -0.15) is 0 Å². The predicted molar refractivity (Wildman–Crippen MR) is 115 cm³/mol. The molecule has 1 aromatic carbocycles. The van der Waals surface area contributed by atoms with Gasteiger partial charge in [0.2, 0.25) is 5.91 Å². The van der Waals surface area contributed by atoms with E-state index in [1.54, 1.807) is 25.3 Å². The van der Waals surface area contributed by atoms with Gasteiger partial charge >= 0.3 is 0 Å². The van der Waals surface area contributed by atoms with Crippen molar-refractivity contribution in [2.24, 2.45) is 11.8 Å². The van der Waals surface area contributed by atoms with E-state index in [0.29, 0.717) is 39.9 Å². The Bertz CT molecular complexity index is 1080. The Morgan fingerprint density at radius 1 is 1.13 bits per heavy atom. The minimum Gasteiger partial charge on any atom is -0.352 e. The average molecular weight is 445 g/mol. The highest BCUT2D eigenvalue weighted by atomic mass is 35.5. The molecule has 1 unspecified atom stereocenters. The molecule has 3 rings (SSSR count). The van der Waals surface area contributed by atoms with Gasteiger partial charge in [-0.15, -0.1) is 0 Å². The van der Waals surface area contributed by atoms with Crippen LogP contribution in [-0.4, -0.2) is 20.9 Å². The summed E-state index contributed by atoms with van der Waals surface area (Å²) in [5.74, 6) is -2.07. The summed E-state index contributed by atoms with van der Waals surface area (Å²) >= 11 is 6.46. The van der Waals surface area contributed by atoms with Crippen molar-refractivity contribution in [2.45, 2.75) is 33.7 Å². The monoisotopic (exact) mass is 444 g/mol. The van der Waals surface area contributed by atoms with E-state index < -0.39 is 17.6 Å². The Labute approximate surface area is 184 Å². The maximum absolute atomic E-state index is 13.4. The minimum absolute atomic E-state index is 0.00501. The zero-order valence-corrected chi connectivity index (χ0v) is 18.3. The topological polar surface area (TPSA) is 67.8 Å². The number of rotatable bonds is 7. The van der Waals surface area contributed by atoms with Gasteiger partial charge in [-0.25, -0.2) is 18.7 Å². The van der Waals surface area contributed by atoms with Gasteiger partial charge in [0.15, 0.2) is 17.5 Å². The molecular weight excluding hydrogens is 422 g/mol. The molecule has 3 aromatic rings. The molecule has 1 N–H and O–H groups in total. The molecule has 0 bridgehead atoms. The van der Waals surface area contributed by atoms with Gasteiger partial charge in [0.05, 0.1) is 16.4 Å². The second-order valence-electron chi connectivity index (χ2n) is 7.63. The summed E-state index contributed by atoms with van der Waals surface area (Å²) in [7, 11) is 0. The molecule has 2 heterocycles. The second-order valence-corrected chi connectivity index (χ2v) is 8.01. The van der Waals surface area contributed by atoms with Crippen LogP contribution in [0, 0.1) is 30.4 Å². The lowest BCUT2D eigenvalue weighted by atomic mass is 9.90. The molecule has 0 aliphatic rings. The molecule has 0 spiro atoms. The third-order valence-electron chi connectivity index (χ3n) is 4.98. The van der Waals surface area contributed by atoms with Crippen LogP contribution >= 0.6 is 11.6 Å². The number of amides is 1. The molecule has 0 radical (unpaired) electrons. The largest absolute Gasteiger partial charge is 0.352 e. The van der Waals surface area contributed by atoms with Gasteiger partial charge in [0.25, 0.3) is 0 Å². The number of nitrogens with one attached hydrogen (secondary N) is 1. The number of pyridine rings is 1. The number of hydrogen-bond donors (Lipinski definition) is 1. The van der Waals surface area contributed by atoms with Crippen molar-refractivity contribution in [2.75, 3.05) is 0 Å². The molecule has 2 aromatic heterocycles. The standard InChI is InChI=1S/C23H23ClF2N4O/c1-13(2)16(23(31)28-12-15-7-8-17(25)18(26)10-15)11-20-21(24)14(3)29-22(30-20)19-6-4-5-9-27-19/h4-10,13,16H,11-12H2,1-3H3,(H,28,31). The summed E-state index contributed by atoms with van der Waals surface area (Å²) in [6, 6.07) is 9.01. The highest BCUT2D eigenvalue weighted by Crippen LogP contribution is 2.26. The lowest BCUT2D eigenvalue weighted by Crippen LogP contribution is -2.34. The first-order valence-electron chi connectivity index (χ1n) is 9.92. The van der Waals surface area contributed by atoms with Crippen LogP contribution in [0.25, 0.3) is 11.5 Å². The predicted octanol–water partition coefficient (Wildman–Crippen LogP) is 4.91. The summed E-state index contributed by atoms with van der Waals surface area (Å²) in [6.45, 7) is 5.75. The first kappa shape index (κ1) is 22.7. The minimum atomic E-state index is -0.947. The summed E-state index contributed by atoms with van der Waals surface area (Å²) < 4.78 is 26.5. The van der Waals surface area contributed by atoms with Crippen molar-refractivity contribution in [3.63, 3.8) is 0 Å². The fraction of sp³-hybridized carbons (Fsp3) is 0.304. The SMILES string of the molecule is Cc1nc(-c2ccccn2)nc(CC(C(=O)NCc2ccc(F)c(F)c2)C(C)C)c1Cl. The van der Waals surface area contributed by atoms with Crippen molar-refractivity contribution in [1.29, 1.82) is 0 Å². The van der Waals surface area contributed by atoms with Gasteiger partial charge in [-0.1, -0.05) is 37.6 Å². The second kappa shape index (κ2) is 9.92. The van der Waals surface area contributed by atoms with Crippen molar-refractivity contribution in [1.82, 2.24) is 20.3 Å². The Hall–Kier alpha value is -2.93. The van der Waals surface area contributed by atoms with Crippen LogP contribution < -0.4 is 5.32 Å². The molecule has 0 aliphatic carbocycles. The van der Waals surface area contributed by atoms with E-state index in [4.69, 9.17) is 11.6 Å². The van der Waals surface area contributed by atoms with Crippen molar-refractivity contribution in [3.05, 3.63) is 76.2 Å². The van der Waals surface area contributed by atoms with Crippen LogP contribution in [0.3, 0.4) is 0 Å². The van der Waals surface area contributed by atoms with Crippen molar-refractivity contribution < 1.29 is 13.6 Å². The molecule has 31 heavy (non-hydrogen) atoms. The van der Waals surface area contributed by atoms with E-state index in [2.05, 4.69) is 20.3 Å². The molecule has 0 fully saturated rings. The van der Waals surface area contributed by atoms with Crippen LogP contribution in [0.5, 0.6) is 0 Å². The van der Waals surface area contributed by atoms with Crippen LogP contribution in [0.15, 0.2) is 42.6 Å². The third kappa shape index (κ3) is 5.61. The smallest absolute Gasteiger partial charge is 0.224 e. The van der Waals surface area contributed by atoms with E-state index in [-0.39, 0.29) is 18.4 Å². The maximum Gasteiger partial charge on any atom is 0.224 e. The van der Waals surface area contributed by atoms with Crippen LogP contribution in [0.4, 0.5) is 8.78 Å². The normalized spacial score (nSPS) is 12.1. The summed E-state index contributed by atoms with van der Waals surface area (Å²) in [5.41, 5.74) is 2.27. The fourth-order valence-electron chi connectivity index (χ4n) is 3.17. The molecular formula is C23H23ClF2N4O. The van der Waals surface area contributed by atoms with Gasteiger partial charge < -0.3 is 5.32 Å². The van der Waals surface area contributed by atoms with E-state index in [1.807, 2.05) is 19.9 Å². The van der Waals surface area contributed by atoms with Crippen molar-refractivity contribution >= 4 is 17.5 Å². The average Bonchev–Trinajstić information content (AvgIpc) is 2.75. The number of benzene rings is 1. The van der Waals surface area contributed by atoms with Gasteiger partial charge in [0.1, 0.15) is 5.69 Å². The van der Waals surface area contributed by atoms with Crippen LogP contribution in [-0.2, 0) is 17.8 Å². The van der Waals surface area contributed by atoms with E-state index in [1.165, 1.54) is 6.07 Å². The van der Waals surface area contributed by atoms with E-state index in [0.717, 1.165) is 12.1 Å². The number of aromatic nitrogens is 3. The summed E-state index contributed by atoms with van der Waals surface area (Å²) in [6.07, 6.45) is 1.97. The Kier molecular flexibility index (Phi) is 7.28. The fourth-order valence-corrected chi connectivity index (χ4v) is 3.33. The quantitative estimate of drug-likeness (QED) is 0.562. The van der Waals surface area contributed by atoms with E-state index in [9.17, 15) is 13.6 Å². The lowest BCUT2D eigenvalue weighted by Gasteiger charge is -2.21. The Morgan fingerprint density at radius 3 is 2.55 bits per heavy atom. The van der Waals surface area contributed by atoms with Crippen LogP contribution in [0.2, 0.25) is 5.02 Å². The number of hydrogen-bond acceptors (Lipinski definition) is 4. The Balaban J connectivity index is 1.79. The number of nitrogens with zero attached hydrogens (tertiary/aromatic N) is 3. The summed E-state index contributed by atoms with van der Waals surface area (Å²) in [5, 5.41) is 3.22. The number of aryl methyl sites for hydroxylation is 1. The molecule has 0 aliphatic heterocycles. The lowest BCUT2D eigenvalue weighted by molar-refractivity contribution is -0.126. The highest BCUT2D eigenvalue weighted by molar-refractivity contribution is 6.31. The molecule has 0 saturated carbocycles. The molecule has 8 heteroatoms. The maximum atomic E-state index is 13.4. The van der Waals surface area contributed by atoms with Gasteiger partial charge in [-0.3, -0.25) is 9.78 Å². The van der Waals surface area contributed by atoms with E-state index >= 15 is 0 Å². The van der Waals surface area contributed by atoms with Crippen LogP contribution in [0.1, 0.15) is 30.8 Å².